The summed E-state index contributed by atoms with van der Waals surface area (Å²) in [6, 6.07) is 17.8. The summed E-state index contributed by atoms with van der Waals surface area (Å²) in [7, 11) is 1.60. The highest BCUT2D eigenvalue weighted by Crippen LogP contribution is 2.36. The highest BCUT2D eigenvalue weighted by Gasteiger charge is 2.13. The topological polar surface area (TPSA) is 70.9 Å². The van der Waals surface area contributed by atoms with Crippen LogP contribution in [0.25, 0.3) is 22.7 Å². The minimum Gasteiger partial charge on any atom is -0.497 e. The molecule has 0 radical (unpaired) electrons. The number of hydrogen-bond donors (Lipinski definition) is 1. The van der Waals surface area contributed by atoms with Gasteiger partial charge in [-0.05, 0) is 73.8 Å². The fraction of sp³-hybridized carbons (Fsp3) is 0.0833. The summed E-state index contributed by atoms with van der Waals surface area (Å²) in [4.78, 5) is 7.66. The van der Waals surface area contributed by atoms with Gasteiger partial charge in [0.2, 0.25) is 0 Å². The van der Waals surface area contributed by atoms with E-state index in [0.717, 1.165) is 16.6 Å². The molecule has 8 heteroatoms. The molecule has 0 aliphatic carbocycles. The van der Waals surface area contributed by atoms with Crippen LogP contribution in [0.5, 0.6) is 11.5 Å². The van der Waals surface area contributed by atoms with Crippen molar-refractivity contribution >= 4 is 54.5 Å². The number of H-pyrrole nitrogens is 1. The number of nitriles is 1. The lowest BCUT2D eigenvalue weighted by molar-refractivity contribution is 0.296. The second-order valence-electron chi connectivity index (χ2n) is 6.83. The van der Waals surface area contributed by atoms with Crippen molar-refractivity contribution in [2.75, 3.05) is 7.11 Å². The number of hydrogen-bond acceptors (Lipinski definition) is 4. The molecule has 0 amide bonds. The third-order valence-corrected chi connectivity index (χ3v) is 5.90. The van der Waals surface area contributed by atoms with Gasteiger partial charge in [-0.1, -0.05) is 18.2 Å². The number of benzene rings is 3. The number of ether oxygens (including phenoxy) is 2. The number of nitrogens with one attached hydrogen (secondary N) is 1. The molecule has 0 atom stereocenters. The lowest BCUT2D eigenvalue weighted by atomic mass is 10.1. The molecule has 1 heterocycles. The third-order valence-electron chi connectivity index (χ3n) is 4.73. The Morgan fingerprint density at radius 2 is 1.91 bits per heavy atom. The maximum atomic E-state index is 13.9. The monoisotopic (exact) mass is 555 g/mol. The van der Waals surface area contributed by atoms with Crippen LogP contribution in [0.1, 0.15) is 17.0 Å². The van der Waals surface area contributed by atoms with Gasteiger partial charge < -0.3 is 14.5 Å². The molecule has 4 rings (SSSR count). The van der Waals surface area contributed by atoms with E-state index in [0.29, 0.717) is 37.4 Å². The molecular weight excluding hydrogens is 541 g/mol. The number of methoxy groups -OCH3 is 1. The largest absolute Gasteiger partial charge is 0.497 e. The zero-order chi connectivity index (χ0) is 22.7. The second-order valence-corrected chi connectivity index (χ2v) is 8.54. The van der Waals surface area contributed by atoms with Gasteiger partial charge in [-0.2, -0.15) is 5.26 Å². The molecule has 0 saturated carbocycles. The number of aromatic amines is 1. The molecule has 0 saturated heterocycles. The Labute approximate surface area is 200 Å². The zero-order valence-electron chi connectivity index (χ0n) is 16.8. The fourth-order valence-corrected chi connectivity index (χ4v) is 4.58. The van der Waals surface area contributed by atoms with E-state index < -0.39 is 0 Å². The lowest BCUT2D eigenvalue weighted by Gasteiger charge is -2.12. The SMILES string of the molecule is COc1ccc2nc(/C(C#N)=C\c3cc(Br)c(OCc4ccccc4F)c(Br)c3)[nH]c2c1. The first-order chi connectivity index (χ1) is 15.5. The Bertz CT molecular complexity index is 1350. The molecule has 0 bridgehead atoms. The molecule has 1 N–H and O–H groups in total. The van der Waals surface area contributed by atoms with Crippen molar-refractivity contribution in [3.05, 3.63) is 86.3 Å². The smallest absolute Gasteiger partial charge is 0.149 e. The molecule has 0 aliphatic rings. The minimum absolute atomic E-state index is 0.0882. The van der Waals surface area contributed by atoms with Crippen LogP contribution in [0.15, 0.2) is 63.5 Å². The van der Waals surface area contributed by atoms with Gasteiger partial charge in [-0.25, -0.2) is 9.37 Å². The summed E-state index contributed by atoms with van der Waals surface area (Å²) in [5.74, 6) is 1.39. The number of aromatic nitrogens is 2. The quantitative estimate of drug-likeness (QED) is 0.263. The van der Waals surface area contributed by atoms with Gasteiger partial charge in [0.15, 0.2) is 0 Å². The molecule has 160 valence electrons. The van der Waals surface area contributed by atoms with Crippen LogP contribution in [-0.4, -0.2) is 17.1 Å². The van der Waals surface area contributed by atoms with Gasteiger partial charge in [0, 0.05) is 11.6 Å². The number of nitrogens with zero attached hydrogens (tertiary/aromatic N) is 2. The van der Waals surface area contributed by atoms with Crippen LogP contribution in [0, 0.1) is 17.1 Å². The van der Waals surface area contributed by atoms with E-state index in [1.165, 1.54) is 6.07 Å². The lowest BCUT2D eigenvalue weighted by Crippen LogP contribution is -1.99. The van der Waals surface area contributed by atoms with Crippen LogP contribution in [-0.2, 0) is 6.61 Å². The van der Waals surface area contributed by atoms with Crippen molar-refractivity contribution in [1.29, 1.82) is 5.26 Å². The van der Waals surface area contributed by atoms with E-state index in [-0.39, 0.29) is 12.4 Å². The maximum Gasteiger partial charge on any atom is 0.149 e. The minimum atomic E-state index is -0.318. The van der Waals surface area contributed by atoms with Crippen LogP contribution in [0.4, 0.5) is 4.39 Å². The molecule has 0 unspecified atom stereocenters. The van der Waals surface area contributed by atoms with Gasteiger partial charge in [0.1, 0.15) is 35.8 Å². The predicted octanol–water partition coefficient (Wildman–Crippen LogP) is 6.88. The highest BCUT2D eigenvalue weighted by molar-refractivity contribution is 9.11. The molecule has 5 nitrogen and oxygen atoms in total. The second kappa shape index (κ2) is 9.55. The van der Waals surface area contributed by atoms with Crippen molar-refractivity contribution in [2.45, 2.75) is 6.61 Å². The van der Waals surface area contributed by atoms with E-state index in [9.17, 15) is 9.65 Å². The summed E-state index contributed by atoms with van der Waals surface area (Å²) in [5, 5.41) is 9.71. The summed E-state index contributed by atoms with van der Waals surface area (Å²) >= 11 is 7.01. The van der Waals surface area contributed by atoms with Crippen LogP contribution < -0.4 is 9.47 Å². The van der Waals surface area contributed by atoms with Crippen molar-refractivity contribution in [3.8, 4) is 17.6 Å². The molecule has 4 aromatic rings. The Balaban J connectivity index is 1.61. The predicted molar refractivity (Wildman–Crippen MR) is 129 cm³/mol. The number of fused-ring (bicyclic) bond motifs is 1. The third kappa shape index (κ3) is 4.69. The number of allylic oxidation sites excluding steroid dienone is 1. The fourth-order valence-electron chi connectivity index (χ4n) is 3.13. The molecule has 32 heavy (non-hydrogen) atoms. The number of imidazole rings is 1. The average molecular weight is 557 g/mol. The van der Waals surface area contributed by atoms with E-state index in [1.54, 1.807) is 31.4 Å². The standard InChI is InChI=1S/C24H16Br2FN3O2/c1-31-17-6-7-21-22(11-17)30-24(29-21)16(12-28)8-14-9-18(25)23(19(26)10-14)32-13-15-4-2-3-5-20(15)27/h2-11H,13H2,1H3,(H,29,30)/b16-8-. The molecule has 0 aliphatic heterocycles. The molecule has 0 fully saturated rings. The van der Waals surface area contributed by atoms with Crippen molar-refractivity contribution in [3.63, 3.8) is 0 Å². The van der Waals surface area contributed by atoms with Crippen molar-refractivity contribution in [2.24, 2.45) is 0 Å². The Morgan fingerprint density at radius 3 is 2.59 bits per heavy atom. The number of rotatable bonds is 6. The maximum absolute atomic E-state index is 13.9. The van der Waals surface area contributed by atoms with Crippen molar-refractivity contribution < 1.29 is 13.9 Å². The van der Waals surface area contributed by atoms with E-state index in [2.05, 4.69) is 47.9 Å². The number of halogens is 3. The average Bonchev–Trinajstić information content (AvgIpc) is 3.21. The Hall–Kier alpha value is -3.15. The van der Waals surface area contributed by atoms with Gasteiger partial charge >= 0.3 is 0 Å². The summed E-state index contributed by atoms with van der Waals surface area (Å²) < 4.78 is 26.3. The van der Waals surface area contributed by atoms with Gasteiger partial charge in [0.25, 0.3) is 0 Å². The van der Waals surface area contributed by atoms with E-state index >= 15 is 0 Å². The normalized spacial score (nSPS) is 11.4. The first-order valence-electron chi connectivity index (χ1n) is 9.49. The van der Waals surface area contributed by atoms with E-state index in [4.69, 9.17) is 9.47 Å². The van der Waals surface area contributed by atoms with Crippen molar-refractivity contribution in [1.82, 2.24) is 9.97 Å². The van der Waals surface area contributed by atoms with Gasteiger partial charge in [0.05, 0.1) is 32.7 Å². The zero-order valence-corrected chi connectivity index (χ0v) is 20.0. The van der Waals surface area contributed by atoms with Crippen LogP contribution in [0.3, 0.4) is 0 Å². The first kappa shape index (κ1) is 22.1. The Kier molecular flexibility index (Phi) is 6.58. The van der Waals surface area contributed by atoms with Gasteiger partial charge in [-0.3, -0.25) is 0 Å². The molecule has 3 aromatic carbocycles. The molecule has 1 aromatic heterocycles. The summed E-state index contributed by atoms with van der Waals surface area (Å²) in [6.45, 7) is 0.0882. The molecule has 0 spiro atoms. The van der Waals surface area contributed by atoms with E-state index in [1.807, 2.05) is 30.3 Å². The van der Waals surface area contributed by atoms with Crippen LogP contribution >= 0.6 is 31.9 Å². The summed E-state index contributed by atoms with van der Waals surface area (Å²) in [5.41, 5.74) is 3.11. The molecular formula is C24H16Br2FN3O2. The summed E-state index contributed by atoms with van der Waals surface area (Å²) in [6.07, 6.45) is 1.73. The first-order valence-corrected chi connectivity index (χ1v) is 11.1. The highest BCUT2D eigenvalue weighted by atomic mass is 79.9. The van der Waals surface area contributed by atoms with Crippen LogP contribution in [0.2, 0.25) is 0 Å². The Morgan fingerprint density at radius 1 is 1.16 bits per heavy atom. The van der Waals surface area contributed by atoms with Gasteiger partial charge in [-0.15, -0.1) is 0 Å².